The number of thiophene rings is 1. The summed E-state index contributed by atoms with van der Waals surface area (Å²) in [6, 6.07) is 2.01. The third-order valence-electron chi connectivity index (χ3n) is 2.29. The summed E-state index contributed by atoms with van der Waals surface area (Å²) >= 11 is 1.62. The molecule has 0 aromatic carbocycles. The number of nitrogens with one attached hydrogen (secondary N) is 2. The average Bonchev–Trinajstić information content (AvgIpc) is 2.89. The Bertz CT molecular complexity index is 393. The van der Waals surface area contributed by atoms with Crippen molar-refractivity contribution in [2.45, 2.75) is 19.1 Å². The Balaban J connectivity index is 2.07. The van der Waals surface area contributed by atoms with Crippen LogP contribution in [0.4, 0.5) is 13.2 Å². The Morgan fingerprint density at radius 1 is 1.40 bits per heavy atom. The Labute approximate surface area is 120 Å². The van der Waals surface area contributed by atoms with E-state index in [4.69, 9.17) is 0 Å². The highest BCUT2D eigenvalue weighted by atomic mass is 32.1. The van der Waals surface area contributed by atoms with Gasteiger partial charge in [-0.15, -0.1) is 0 Å². The van der Waals surface area contributed by atoms with Crippen molar-refractivity contribution in [1.29, 1.82) is 0 Å². The minimum Gasteiger partial charge on any atom is -0.372 e. The zero-order chi connectivity index (χ0) is 14.8. The van der Waals surface area contributed by atoms with Crippen LogP contribution in [-0.4, -0.2) is 38.9 Å². The molecule has 0 amide bonds. The fraction of sp³-hybridized carbons (Fsp3) is 0.583. The number of alkyl halides is 3. The summed E-state index contributed by atoms with van der Waals surface area (Å²) in [5.41, 5.74) is 1.16. The molecule has 0 spiro atoms. The van der Waals surface area contributed by atoms with Crippen LogP contribution in [0.15, 0.2) is 21.8 Å². The third-order valence-corrected chi connectivity index (χ3v) is 3.02. The van der Waals surface area contributed by atoms with Gasteiger partial charge in [-0.3, -0.25) is 4.99 Å². The van der Waals surface area contributed by atoms with Crippen LogP contribution in [0.5, 0.6) is 0 Å². The summed E-state index contributed by atoms with van der Waals surface area (Å²) < 4.78 is 39.9. The maximum Gasteiger partial charge on any atom is 0.411 e. The van der Waals surface area contributed by atoms with Crippen molar-refractivity contribution in [3.8, 4) is 0 Å². The average molecular weight is 309 g/mol. The van der Waals surface area contributed by atoms with Gasteiger partial charge in [0.1, 0.15) is 6.61 Å². The van der Waals surface area contributed by atoms with Crippen molar-refractivity contribution in [2.75, 3.05) is 26.8 Å². The first-order valence-electron chi connectivity index (χ1n) is 6.11. The van der Waals surface area contributed by atoms with E-state index in [0.717, 1.165) is 5.56 Å². The van der Waals surface area contributed by atoms with Crippen LogP contribution in [0.1, 0.15) is 12.0 Å². The van der Waals surface area contributed by atoms with Crippen LogP contribution in [0, 0.1) is 0 Å². The van der Waals surface area contributed by atoms with E-state index in [9.17, 15) is 13.2 Å². The maximum absolute atomic E-state index is 11.8. The second-order valence-corrected chi connectivity index (χ2v) is 4.79. The van der Waals surface area contributed by atoms with Gasteiger partial charge in [-0.25, -0.2) is 0 Å². The molecular formula is C12H18F3N3OS. The van der Waals surface area contributed by atoms with Crippen molar-refractivity contribution >= 4 is 17.3 Å². The number of nitrogens with zero attached hydrogens (tertiary/aromatic N) is 1. The lowest BCUT2D eigenvalue weighted by molar-refractivity contribution is -0.173. The number of rotatable bonds is 7. The highest BCUT2D eigenvalue weighted by molar-refractivity contribution is 7.07. The van der Waals surface area contributed by atoms with Crippen molar-refractivity contribution in [1.82, 2.24) is 10.6 Å². The Morgan fingerprint density at radius 3 is 2.80 bits per heavy atom. The van der Waals surface area contributed by atoms with Gasteiger partial charge in [-0.1, -0.05) is 0 Å². The number of hydrogen-bond donors (Lipinski definition) is 2. The van der Waals surface area contributed by atoms with Gasteiger partial charge in [0, 0.05) is 26.7 Å². The standard InChI is InChI=1S/C12H18F3N3OS/c1-16-11(18-7-10-3-6-20-8-10)17-4-2-5-19-9-12(13,14)15/h3,6,8H,2,4-5,7,9H2,1H3,(H2,16,17,18). The monoisotopic (exact) mass is 309 g/mol. The molecule has 114 valence electrons. The lowest BCUT2D eigenvalue weighted by Crippen LogP contribution is -2.37. The molecule has 0 aliphatic carbocycles. The first kappa shape index (κ1) is 16.8. The molecule has 2 N–H and O–H groups in total. The molecular weight excluding hydrogens is 291 g/mol. The van der Waals surface area contributed by atoms with Gasteiger partial charge in [-0.05, 0) is 28.8 Å². The van der Waals surface area contributed by atoms with Gasteiger partial charge in [0.15, 0.2) is 5.96 Å². The fourth-order valence-corrected chi connectivity index (χ4v) is 2.04. The van der Waals surface area contributed by atoms with Gasteiger partial charge in [0.05, 0.1) is 0 Å². The van der Waals surface area contributed by atoms with Gasteiger partial charge in [0.2, 0.25) is 0 Å². The number of hydrogen-bond acceptors (Lipinski definition) is 3. The molecule has 8 heteroatoms. The zero-order valence-electron chi connectivity index (χ0n) is 11.2. The van der Waals surface area contributed by atoms with Crippen molar-refractivity contribution in [3.05, 3.63) is 22.4 Å². The summed E-state index contributed by atoms with van der Waals surface area (Å²) in [7, 11) is 1.64. The number of halogens is 3. The predicted molar refractivity (Wildman–Crippen MR) is 74.0 cm³/mol. The molecule has 0 saturated carbocycles. The van der Waals surface area contributed by atoms with Gasteiger partial charge in [0.25, 0.3) is 0 Å². The molecule has 1 aromatic heterocycles. The van der Waals surface area contributed by atoms with Gasteiger partial charge < -0.3 is 15.4 Å². The Hall–Kier alpha value is -1.28. The van der Waals surface area contributed by atoms with Crippen LogP contribution in [-0.2, 0) is 11.3 Å². The van der Waals surface area contributed by atoms with Crippen LogP contribution in [0.2, 0.25) is 0 Å². The lowest BCUT2D eigenvalue weighted by Gasteiger charge is -2.11. The number of guanidine groups is 1. The highest BCUT2D eigenvalue weighted by Gasteiger charge is 2.27. The molecule has 1 heterocycles. The van der Waals surface area contributed by atoms with E-state index >= 15 is 0 Å². The maximum atomic E-state index is 11.8. The van der Waals surface area contributed by atoms with E-state index in [1.807, 2.05) is 16.8 Å². The van der Waals surface area contributed by atoms with E-state index in [1.54, 1.807) is 18.4 Å². The van der Waals surface area contributed by atoms with Crippen LogP contribution < -0.4 is 10.6 Å². The summed E-state index contributed by atoms with van der Waals surface area (Å²) in [6.45, 7) is 0.0288. The minimum atomic E-state index is -4.26. The topological polar surface area (TPSA) is 45.7 Å². The Morgan fingerprint density at radius 2 is 2.20 bits per heavy atom. The van der Waals surface area contributed by atoms with Crippen LogP contribution in [0.3, 0.4) is 0 Å². The summed E-state index contributed by atoms with van der Waals surface area (Å²) in [5, 5.41) is 10.1. The molecule has 4 nitrogen and oxygen atoms in total. The van der Waals surface area contributed by atoms with Gasteiger partial charge in [-0.2, -0.15) is 24.5 Å². The van der Waals surface area contributed by atoms with Crippen LogP contribution in [0.25, 0.3) is 0 Å². The number of ether oxygens (including phenoxy) is 1. The Kier molecular flexibility index (Phi) is 7.38. The van der Waals surface area contributed by atoms with Crippen molar-refractivity contribution in [3.63, 3.8) is 0 Å². The fourth-order valence-electron chi connectivity index (χ4n) is 1.37. The van der Waals surface area contributed by atoms with E-state index < -0.39 is 12.8 Å². The van der Waals surface area contributed by atoms with Crippen LogP contribution >= 0.6 is 11.3 Å². The highest BCUT2D eigenvalue weighted by Crippen LogP contribution is 2.14. The van der Waals surface area contributed by atoms with E-state index in [1.165, 1.54) is 0 Å². The van der Waals surface area contributed by atoms with Crippen molar-refractivity contribution < 1.29 is 17.9 Å². The van der Waals surface area contributed by atoms with E-state index in [2.05, 4.69) is 20.4 Å². The molecule has 0 unspecified atom stereocenters. The SMILES string of the molecule is CN=C(NCCCOCC(F)(F)F)NCc1ccsc1. The summed E-state index contributed by atoms with van der Waals surface area (Å²) in [4.78, 5) is 4.02. The predicted octanol–water partition coefficient (Wildman–Crippen LogP) is 2.38. The summed E-state index contributed by atoms with van der Waals surface area (Å²) in [6.07, 6.45) is -3.78. The molecule has 20 heavy (non-hydrogen) atoms. The second kappa shape index (κ2) is 8.80. The molecule has 0 bridgehead atoms. The largest absolute Gasteiger partial charge is 0.411 e. The molecule has 0 atom stereocenters. The molecule has 0 aliphatic rings. The molecule has 0 saturated heterocycles. The van der Waals surface area contributed by atoms with E-state index in [0.29, 0.717) is 25.5 Å². The molecule has 1 aromatic rings. The molecule has 0 fully saturated rings. The first-order valence-corrected chi connectivity index (χ1v) is 7.05. The quantitative estimate of drug-likeness (QED) is 0.462. The minimum absolute atomic E-state index is 0.0635. The third kappa shape index (κ3) is 8.00. The molecule has 0 radical (unpaired) electrons. The smallest absolute Gasteiger partial charge is 0.372 e. The van der Waals surface area contributed by atoms with E-state index in [-0.39, 0.29) is 6.61 Å². The first-order chi connectivity index (χ1) is 9.51. The second-order valence-electron chi connectivity index (χ2n) is 4.01. The zero-order valence-corrected chi connectivity index (χ0v) is 12.0. The summed E-state index contributed by atoms with van der Waals surface area (Å²) in [5.74, 6) is 0.618. The molecule has 1 rings (SSSR count). The normalized spacial score (nSPS) is 12.5. The lowest BCUT2D eigenvalue weighted by atomic mass is 10.3. The van der Waals surface area contributed by atoms with Crippen molar-refractivity contribution in [2.24, 2.45) is 4.99 Å². The molecule has 0 aliphatic heterocycles. The van der Waals surface area contributed by atoms with Gasteiger partial charge >= 0.3 is 6.18 Å². The number of aliphatic imine (C=N–C) groups is 1.